The molecule has 142 valence electrons. The highest BCUT2D eigenvalue weighted by atomic mass is 19.1. The SMILES string of the molecule is O=C(CN1CCN(Cc2ccc(F)cc2)C1=O)NCc1ccc(F)cc1F. The molecule has 0 saturated carbocycles. The molecular formula is C19H18F3N3O2. The van der Waals surface area contributed by atoms with E-state index in [9.17, 15) is 22.8 Å². The average molecular weight is 377 g/mol. The molecule has 0 aromatic heterocycles. The van der Waals surface area contributed by atoms with E-state index < -0.39 is 17.5 Å². The summed E-state index contributed by atoms with van der Waals surface area (Å²) in [4.78, 5) is 27.4. The van der Waals surface area contributed by atoms with Gasteiger partial charge in [-0.2, -0.15) is 0 Å². The number of hydrogen-bond donors (Lipinski definition) is 1. The predicted octanol–water partition coefficient (Wildman–Crippen LogP) is 2.66. The molecule has 8 heteroatoms. The number of rotatable bonds is 6. The molecule has 1 aliphatic rings. The summed E-state index contributed by atoms with van der Waals surface area (Å²) < 4.78 is 39.4. The van der Waals surface area contributed by atoms with Gasteiger partial charge in [-0.15, -0.1) is 0 Å². The van der Waals surface area contributed by atoms with Gasteiger partial charge >= 0.3 is 6.03 Å². The first-order valence-corrected chi connectivity index (χ1v) is 8.41. The molecule has 0 radical (unpaired) electrons. The van der Waals surface area contributed by atoms with Crippen molar-refractivity contribution in [3.8, 4) is 0 Å². The van der Waals surface area contributed by atoms with Crippen molar-refractivity contribution >= 4 is 11.9 Å². The van der Waals surface area contributed by atoms with Gasteiger partial charge in [0.1, 0.15) is 24.0 Å². The van der Waals surface area contributed by atoms with Crippen LogP contribution in [0.2, 0.25) is 0 Å². The molecular weight excluding hydrogens is 359 g/mol. The predicted molar refractivity (Wildman–Crippen MR) is 92.0 cm³/mol. The molecule has 0 atom stereocenters. The number of benzene rings is 2. The monoisotopic (exact) mass is 377 g/mol. The van der Waals surface area contributed by atoms with E-state index >= 15 is 0 Å². The number of carbonyl (C=O) groups excluding carboxylic acids is 2. The van der Waals surface area contributed by atoms with Gasteiger partial charge in [0, 0.05) is 37.8 Å². The van der Waals surface area contributed by atoms with Gasteiger partial charge in [-0.3, -0.25) is 4.79 Å². The van der Waals surface area contributed by atoms with Crippen molar-refractivity contribution in [3.05, 3.63) is 71.0 Å². The van der Waals surface area contributed by atoms with Crippen LogP contribution in [0, 0.1) is 17.5 Å². The van der Waals surface area contributed by atoms with Crippen molar-refractivity contribution in [3.63, 3.8) is 0 Å². The van der Waals surface area contributed by atoms with E-state index in [-0.39, 0.29) is 30.5 Å². The first-order chi connectivity index (χ1) is 12.9. The van der Waals surface area contributed by atoms with Crippen LogP contribution < -0.4 is 5.32 Å². The number of nitrogens with one attached hydrogen (secondary N) is 1. The Morgan fingerprint density at radius 3 is 2.33 bits per heavy atom. The van der Waals surface area contributed by atoms with Crippen LogP contribution in [-0.4, -0.2) is 41.4 Å². The molecule has 0 aliphatic carbocycles. The molecule has 2 aromatic rings. The zero-order valence-electron chi connectivity index (χ0n) is 14.4. The lowest BCUT2D eigenvalue weighted by Crippen LogP contribution is -2.39. The molecule has 27 heavy (non-hydrogen) atoms. The van der Waals surface area contributed by atoms with Crippen LogP contribution in [0.3, 0.4) is 0 Å². The molecule has 2 aromatic carbocycles. The van der Waals surface area contributed by atoms with Crippen molar-refractivity contribution in [1.82, 2.24) is 15.1 Å². The Labute approximate surface area is 154 Å². The first-order valence-electron chi connectivity index (χ1n) is 8.41. The Balaban J connectivity index is 1.49. The van der Waals surface area contributed by atoms with Gasteiger partial charge in [-0.05, 0) is 23.8 Å². The zero-order chi connectivity index (χ0) is 19.4. The molecule has 1 saturated heterocycles. The van der Waals surface area contributed by atoms with Crippen LogP contribution in [0.4, 0.5) is 18.0 Å². The molecule has 0 bridgehead atoms. The number of carbonyl (C=O) groups is 2. The Hall–Kier alpha value is -3.03. The van der Waals surface area contributed by atoms with Gasteiger partial charge in [0.15, 0.2) is 0 Å². The smallest absolute Gasteiger partial charge is 0.320 e. The second-order valence-corrected chi connectivity index (χ2v) is 6.26. The summed E-state index contributed by atoms with van der Waals surface area (Å²) in [7, 11) is 0. The minimum absolute atomic E-state index is 0.0910. The van der Waals surface area contributed by atoms with Crippen molar-refractivity contribution in [2.24, 2.45) is 0 Å². The van der Waals surface area contributed by atoms with Gasteiger partial charge in [0.2, 0.25) is 5.91 Å². The van der Waals surface area contributed by atoms with Crippen LogP contribution in [0.5, 0.6) is 0 Å². The van der Waals surface area contributed by atoms with Crippen molar-refractivity contribution in [2.45, 2.75) is 13.1 Å². The summed E-state index contributed by atoms with van der Waals surface area (Å²) in [6.07, 6.45) is 0. The van der Waals surface area contributed by atoms with Crippen molar-refractivity contribution in [2.75, 3.05) is 19.6 Å². The van der Waals surface area contributed by atoms with Gasteiger partial charge < -0.3 is 15.1 Å². The van der Waals surface area contributed by atoms with Crippen LogP contribution in [0.1, 0.15) is 11.1 Å². The van der Waals surface area contributed by atoms with Gasteiger partial charge in [0.25, 0.3) is 0 Å². The Morgan fingerprint density at radius 2 is 1.63 bits per heavy atom. The fourth-order valence-electron chi connectivity index (χ4n) is 2.82. The minimum atomic E-state index is -0.738. The molecule has 3 rings (SSSR count). The Kier molecular flexibility index (Phi) is 5.63. The third kappa shape index (κ3) is 4.78. The van der Waals surface area contributed by atoms with Crippen molar-refractivity contribution < 1.29 is 22.8 Å². The largest absolute Gasteiger partial charge is 0.350 e. The van der Waals surface area contributed by atoms with Crippen LogP contribution in [0.15, 0.2) is 42.5 Å². The highest BCUT2D eigenvalue weighted by molar-refractivity contribution is 5.85. The quantitative estimate of drug-likeness (QED) is 0.842. The topological polar surface area (TPSA) is 52.7 Å². The fourth-order valence-corrected chi connectivity index (χ4v) is 2.82. The number of urea groups is 1. The Morgan fingerprint density at radius 1 is 0.963 bits per heavy atom. The fraction of sp³-hybridized carbons (Fsp3) is 0.263. The highest BCUT2D eigenvalue weighted by Crippen LogP contribution is 2.14. The third-order valence-corrected chi connectivity index (χ3v) is 4.29. The lowest BCUT2D eigenvalue weighted by Gasteiger charge is -2.18. The van der Waals surface area contributed by atoms with Crippen LogP contribution in [0.25, 0.3) is 0 Å². The van der Waals surface area contributed by atoms with Gasteiger partial charge in [-0.25, -0.2) is 18.0 Å². The maximum atomic E-state index is 13.6. The molecule has 1 aliphatic heterocycles. The summed E-state index contributed by atoms with van der Waals surface area (Å²) >= 11 is 0. The summed E-state index contributed by atoms with van der Waals surface area (Å²) in [5.74, 6) is -2.21. The summed E-state index contributed by atoms with van der Waals surface area (Å²) in [5, 5.41) is 2.52. The molecule has 1 fully saturated rings. The van der Waals surface area contributed by atoms with E-state index in [2.05, 4.69) is 5.32 Å². The normalized spacial score (nSPS) is 14.0. The van der Waals surface area contributed by atoms with E-state index in [0.29, 0.717) is 19.6 Å². The second kappa shape index (κ2) is 8.11. The zero-order valence-corrected chi connectivity index (χ0v) is 14.4. The molecule has 1 heterocycles. The van der Waals surface area contributed by atoms with E-state index in [0.717, 1.165) is 17.7 Å². The van der Waals surface area contributed by atoms with Crippen LogP contribution in [-0.2, 0) is 17.9 Å². The Bertz CT molecular complexity index is 843. The number of halogens is 3. The molecule has 5 nitrogen and oxygen atoms in total. The van der Waals surface area contributed by atoms with E-state index in [1.807, 2.05) is 0 Å². The van der Waals surface area contributed by atoms with Crippen LogP contribution >= 0.6 is 0 Å². The van der Waals surface area contributed by atoms with E-state index in [1.165, 1.54) is 23.1 Å². The summed E-state index contributed by atoms with van der Waals surface area (Å²) in [5.41, 5.74) is 0.957. The summed E-state index contributed by atoms with van der Waals surface area (Å²) in [6.45, 7) is 0.931. The summed E-state index contributed by atoms with van der Waals surface area (Å²) in [6, 6.07) is 8.70. The highest BCUT2D eigenvalue weighted by Gasteiger charge is 2.29. The standard InChI is InChI=1S/C19H18F3N3O2/c20-15-4-1-13(2-5-15)11-24-7-8-25(19(24)27)12-18(26)23-10-14-3-6-16(21)9-17(14)22/h1-6,9H,7-8,10-12H2,(H,23,26). The molecule has 0 spiro atoms. The van der Waals surface area contributed by atoms with E-state index in [4.69, 9.17) is 0 Å². The lowest BCUT2D eigenvalue weighted by atomic mass is 10.2. The van der Waals surface area contributed by atoms with E-state index in [1.54, 1.807) is 17.0 Å². The minimum Gasteiger partial charge on any atom is -0.350 e. The average Bonchev–Trinajstić information content (AvgIpc) is 2.96. The number of nitrogens with zero attached hydrogens (tertiary/aromatic N) is 2. The number of hydrogen-bond acceptors (Lipinski definition) is 2. The molecule has 1 N–H and O–H groups in total. The lowest BCUT2D eigenvalue weighted by molar-refractivity contribution is -0.121. The molecule has 3 amide bonds. The number of amides is 3. The first kappa shape index (κ1) is 18.8. The van der Waals surface area contributed by atoms with Gasteiger partial charge in [-0.1, -0.05) is 18.2 Å². The van der Waals surface area contributed by atoms with Gasteiger partial charge in [0.05, 0.1) is 0 Å². The maximum absolute atomic E-state index is 13.6. The van der Waals surface area contributed by atoms with Crippen molar-refractivity contribution in [1.29, 1.82) is 0 Å². The second-order valence-electron chi connectivity index (χ2n) is 6.26. The maximum Gasteiger partial charge on any atom is 0.320 e. The third-order valence-electron chi connectivity index (χ3n) is 4.29. The molecule has 0 unspecified atom stereocenters.